The molecule has 0 fully saturated rings. The minimum atomic E-state index is -0.864. The first-order valence-corrected chi connectivity index (χ1v) is 5.42. The SMILES string of the molecule is CN(C)c1nc(N)c(-c2ccc(F)cc2F)c(=O)[nH]1. The molecule has 0 saturated heterocycles. The fraction of sp³-hybridized carbons (Fsp3) is 0.167. The lowest BCUT2D eigenvalue weighted by atomic mass is 10.1. The van der Waals surface area contributed by atoms with Crippen molar-refractivity contribution in [3.63, 3.8) is 0 Å². The highest BCUT2D eigenvalue weighted by atomic mass is 19.1. The molecule has 0 atom stereocenters. The van der Waals surface area contributed by atoms with Crippen LogP contribution < -0.4 is 16.2 Å². The molecule has 100 valence electrons. The van der Waals surface area contributed by atoms with Crippen LogP contribution in [0.15, 0.2) is 23.0 Å². The van der Waals surface area contributed by atoms with Crippen molar-refractivity contribution < 1.29 is 8.78 Å². The van der Waals surface area contributed by atoms with Crippen LogP contribution in [0.25, 0.3) is 11.1 Å². The molecule has 1 aromatic heterocycles. The first kappa shape index (κ1) is 13.0. The number of nitrogens with zero attached hydrogens (tertiary/aromatic N) is 2. The molecule has 0 saturated carbocycles. The third-order valence-electron chi connectivity index (χ3n) is 2.56. The third-order valence-corrected chi connectivity index (χ3v) is 2.56. The van der Waals surface area contributed by atoms with Crippen LogP contribution in [0.3, 0.4) is 0 Å². The summed E-state index contributed by atoms with van der Waals surface area (Å²) in [7, 11) is 3.35. The summed E-state index contributed by atoms with van der Waals surface area (Å²) in [6.07, 6.45) is 0. The molecule has 2 aromatic rings. The van der Waals surface area contributed by atoms with Gasteiger partial charge in [-0.2, -0.15) is 4.98 Å². The zero-order valence-corrected chi connectivity index (χ0v) is 10.4. The minimum absolute atomic E-state index is 0.0852. The number of nitrogens with one attached hydrogen (secondary N) is 1. The van der Waals surface area contributed by atoms with Gasteiger partial charge in [-0.05, 0) is 12.1 Å². The van der Waals surface area contributed by atoms with Crippen LogP contribution in [0.2, 0.25) is 0 Å². The van der Waals surface area contributed by atoms with E-state index in [1.807, 2.05) is 0 Å². The lowest BCUT2D eigenvalue weighted by Gasteiger charge is -2.13. The third kappa shape index (κ3) is 2.40. The fourth-order valence-corrected chi connectivity index (χ4v) is 1.64. The number of aromatic nitrogens is 2. The molecule has 0 aliphatic rings. The van der Waals surface area contributed by atoms with Crippen molar-refractivity contribution >= 4 is 11.8 Å². The number of rotatable bonds is 2. The van der Waals surface area contributed by atoms with Gasteiger partial charge in [0.05, 0.1) is 5.56 Å². The van der Waals surface area contributed by atoms with Crippen molar-refractivity contribution in [2.24, 2.45) is 0 Å². The number of nitrogens with two attached hydrogens (primary N) is 1. The maximum Gasteiger partial charge on any atom is 0.262 e. The van der Waals surface area contributed by atoms with E-state index in [1.54, 1.807) is 19.0 Å². The standard InChI is InChI=1S/C12H12F2N4O/c1-18(2)12-16-10(15)9(11(19)17-12)7-4-3-6(13)5-8(7)14/h3-5H,1-2H3,(H3,15,16,17,19). The molecule has 1 heterocycles. The normalized spacial score (nSPS) is 10.5. The van der Waals surface area contributed by atoms with Crippen LogP contribution in [-0.4, -0.2) is 24.1 Å². The molecule has 2 rings (SSSR count). The first-order valence-electron chi connectivity index (χ1n) is 5.42. The zero-order chi connectivity index (χ0) is 14.2. The Balaban J connectivity index is 2.66. The molecule has 1 aromatic carbocycles. The molecule has 0 aliphatic carbocycles. The van der Waals surface area contributed by atoms with Crippen LogP contribution in [0.4, 0.5) is 20.5 Å². The summed E-state index contributed by atoms with van der Waals surface area (Å²) in [5.74, 6) is -1.45. The summed E-state index contributed by atoms with van der Waals surface area (Å²) in [6.45, 7) is 0. The Morgan fingerprint density at radius 1 is 1.32 bits per heavy atom. The largest absolute Gasteiger partial charge is 0.383 e. The van der Waals surface area contributed by atoms with E-state index in [0.717, 1.165) is 12.1 Å². The lowest BCUT2D eigenvalue weighted by molar-refractivity contribution is 0.585. The fourth-order valence-electron chi connectivity index (χ4n) is 1.64. The average Bonchev–Trinajstić information content (AvgIpc) is 2.30. The lowest BCUT2D eigenvalue weighted by Crippen LogP contribution is -2.21. The van der Waals surface area contributed by atoms with Crippen LogP contribution >= 0.6 is 0 Å². The van der Waals surface area contributed by atoms with Crippen LogP contribution in [0.5, 0.6) is 0 Å². The number of H-pyrrole nitrogens is 1. The van der Waals surface area contributed by atoms with E-state index in [-0.39, 0.29) is 22.9 Å². The monoisotopic (exact) mass is 266 g/mol. The summed E-state index contributed by atoms with van der Waals surface area (Å²) in [6, 6.07) is 2.90. The van der Waals surface area contributed by atoms with Gasteiger partial charge >= 0.3 is 0 Å². The Morgan fingerprint density at radius 2 is 2.00 bits per heavy atom. The maximum absolute atomic E-state index is 13.7. The Hall–Kier alpha value is -2.44. The molecule has 0 unspecified atom stereocenters. The quantitative estimate of drug-likeness (QED) is 0.860. The summed E-state index contributed by atoms with van der Waals surface area (Å²) in [5.41, 5.74) is 4.91. The van der Waals surface area contributed by atoms with Crippen molar-refractivity contribution in [2.75, 3.05) is 24.7 Å². The van der Waals surface area contributed by atoms with Crippen molar-refractivity contribution in [2.45, 2.75) is 0 Å². The molecule has 7 heteroatoms. The van der Waals surface area contributed by atoms with Crippen molar-refractivity contribution in [1.29, 1.82) is 0 Å². The van der Waals surface area contributed by atoms with Gasteiger partial charge in [-0.15, -0.1) is 0 Å². The molecule has 0 bridgehead atoms. The van der Waals surface area contributed by atoms with Gasteiger partial charge in [0.25, 0.3) is 5.56 Å². The number of anilines is 2. The van der Waals surface area contributed by atoms with Gasteiger partial charge in [0.1, 0.15) is 17.5 Å². The summed E-state index contributed by atoms with van der Waals surface area (Å²) < 4.78 is 26.5. The Kier molecular flexibility index (Phi) is 3.20. The topological polar surface area (TPSA) is 75.0 Å². The Morgan fingerprint density at radius 3 is 2.53 bits per heavy atom. The van der Waals surface area contributed by atoms with Crippen LogP contribution in [0.1, 0.15) is 0 Å². The zero-order valence-electron chi connectivity index (χ0n) is 10.4. The van der Waals surface area contributed by atoms with Gasteiger partial charge in [-0.25, -0.2) is 8.78 Å². The van der Waals surface area contributed by atoms with Gasteiger partial charge in [0, 0.05) is 25.7 Å². The van der Waals surface area contributed by atoms with Crippen molar-refractivity contribution in [3.8, 4) is 11.1 Å². The van der Waals surface area contributed by atoms with E-state index in [2.05, 4.69) is 9.97 Å². The molecule has 3 N–H and O–H groups in total. The highest BCUT2D eigenvalue weighted by Crippen LogP contribution is 2.24. The Labute approximate surface area is 107 Å². The number of hydrogen-bond acceptors (Lipinski definition) is 4. The Bertz CT molecular complexity index is 682. The summed E-state index contributed by atoms with van der Waals surface area (Å²) in [4.78, 5) is 19.9. The predicted octanol–water partition coefficient (Wildman–Crippen LogP) is 1.36. The average molecular weight is 266 g/mol. The smallest absolute Gasteiger partial charge is 0.262 e. The number of hydrogen-bond donors (Lipinski definition) is 2. The maximum atomic E-state index is 13.7. The van der Waals surface area contributed by atoms with Gasteiger partial charge in [-0.1, -0.05) is 0 Å². The molecule has 0 radical (unpaired) electrons. The van der Waals surface area contributed by atoms with Crippen molar-refractivity contribution in [1.82, 2.24) is 9.97 Å². The van der Waals surface area contributed by atoms with E-state index in [9.17, 15) is 13.6 Å². The molecular formula is C12H12F2N4O. The van der Waals surface area contributed by atoms with E-state index in [4.69, 9.17) is 5.73 Å². The molecular weight excluding hydrogens is 254 g/mol. The molecule has 0 amide bonds. The van der Waals surface area contributed by atoms with Crippen molar-refractivity contribution in [3.05, 3.63) is 40.2 Å². The highest BCUT2D eigenvalue weighted by Gasteiger charge is 2.16. The van der Waals surface area contributed by atoms with E-state index in [1.165, 1.54) is 0 Å². The van der Waals surface area contributed by atoms with Crippen LogP contribution in [0, 0.1) is 11.6 Å². The number of benzene rings is 1. The van der Waals surface area contributed by atoms with E-state index >= 15 is 0 Å². The van der Waals surface area contributed by atoms with Gasteiger partial charge in [-0.3, -0.25) is 9.78 Å². The molecule has 5 nitrogen and oxygen atoms in total. The van der Waals surface area contributed by atoms with Gasteiger partial charge < -0.3 is 10.6 Å². The van der Waals surface area contributed by atoms with Gasteiger partial charge in [0.2, 0.25) is 5.95 Å². The predicted molar refractivity (Wildman–Crippen MR) is 68.9 cm³/mol. The van der Waals surface area contributed by atoms with E-state index < -0.39 is 17.2 Å². The second kappa shape index (κ2) is 4.68. The molecule has 19 heavy (non-hydrogen) atoms. The van der Waals surface area contributed by atoms with Crippen LogP contribution in [-0.2, 0) is 0 Å². The van der Waals surface area contributed by atoms with E-state index in [0.29, 0.717) is 6.07 Å². The number of aromatic amines is 1. The second-order valence-electron chi connectivity index (χ2n) is 4.17. The number of nitrogen functional groups attached to an aromatic ring is 1. The highest BCUT2D eigenvalue weighted by molar-refractivity contribution is 5.74. The van der Waals surface area contributed by atoms with Gasteiger partial charge in [0.15, 0.2) is 0 Å². The minimum Gasteiger partial charge on any atom is -0.383 e. The molecule has 0 spiro atoms. The number of halogens is 2. The summed E-state index contributed by atoms with van der Waals surface area (Å²) >= 11 is 0. The molecule has 0 aliphatic heterocycles. The summed E-state index contributed by atoms with van der Waals surface area (Å²) in [5, 5.41) is 0. The first-order chi connectivity index (χ1) is 8.90. The second-order valence-corrected chi connectivity index (χ2v) is 4.17.